The van der Waals surface area contributed by atoms with Crippen LogP contribution in [0.4, 0.5) is 0 Å². The summed E-state index contributed by atoms with van der Waals surface area (Å²) < 4.78 is 0. The van der Waals surface area contributed by atoms with Gasteiger partial charge in [0.25, 0.3) is 0 Å². The minimum absolute atomic E-state index is 0.628. The van der Waals surface area contributed by atoms with E-state index in [9.17, 15) is 0 Å². The molecule has 0 radical (unpaired) electrons. The minimum Gasteiger partial charge on any atom is -0.0747 e. The Balaban J connectivity index is 2.12. The molecule has 0 bridgehead atoms. The third-order valence-corrected chi connectivity index (χ3v) is 3.35. The fourth-order valence-electron chi connectivity index (χ4n) is 2.60. The SMILES string of the molecule is CC1=CC(C)C=C1CC1=CC(C)C=C1C. The lowest BCUT2D eigenvalue weighted by molar-refractivity contribution is 0.944. The van der Waals surface area contributed by atoms with Crippen molar-refractivity contribution in [3.63, 3.8) is 0 Å². The average Bonchev–Trinajstić information content (AvgIpc) is 2.58. The zero-order valence-electron chi connectivity index (χ0n) is 10.2. The first-order valence-electron chi connectivity index (χ1n) is 5.85. The van der Waals surface area contributed by atoms with Crippen molar-refractivity contribution in [2.45, 2.75) is 34.1 Å². The van der Waals surface area contributed by atoms with Gasteiger partial charge in [-0.2, -0.15) is 0 Å². The molecular formula is C15H20. The molecule has 2 aliphatic rings. The normalized spacial score (nSPS) is 29.9. The van der Waals surface area contributed by atoms with Gasteiger partial charge in [0, 0.05) is 0 Å². The van der Waals surface area contributed by atoms with Crippen LogP contribution in [0.25, 0.3) is 0 Å². The highest BCUT2D eigenvalue weighted by atomic mass is 14.2. The lowest BCUT2D eigenvalue weighted by atomic mass is 9.99. The molecule has 2 rings (SSSR count). The van der Waals surface area contributed by atoms with E-state index >= 15 is 0 Å². The molecule has 0 heterocycles. The summed E-state index contributed by atoms with van der Waals surface area (Å²) >= 11 is 0. The molecule has 0 amide bonds. The second-order valence-electron chi connectivity index (χ2n) is 4.98. The monoisotopic (exact) mass is 200 g/mol. The Bertz CT molecular complexity index is 350. The van der Waals surface area contributed by atoms with Gasteiger partial charge in [-0.05, 0) is 43.3 Å². The fourth-order valence-corrected chi connectivity index (χ4v) is 2.60. The molecule has 0 saturated carbocycles. The zero-order chi connectivity index (χ0) is 11.0. The molecular weight excluding hydrogens is 180 g/mol. The van der Waals surface area contributed by atoms with Crippen molar-refractivity contribution in [3.05, 3.63) is 46.6 Å². The molecule has 2 unspecified atom stereocenters. The predicted octanol–water partition coefficient (Wildman–Crippen LogP) is 4.42. The van der Waals surface area contributed by atoms with Gasteiger partial charge in [-0.25, -0.2) is 0 Å². The third kappa shape index (κ3) is 2.14. The standard InChI is InChI=1S/C15H20/c1-10-5-12(3)14(7-10)9-15-8-11(2)6-13(15)4/h5-8,10-11H,9H2,1-4H3. The van der Waals surface area contributed by atoms with Gasteiger partial charge >= 0.3 is 0 Å². The van der Waals surface area contributed by atoms with Gasteiger partial charge < -0.3 is 0 Å². The maximum Gasteiger partial charge on any atom is -0.00266 e. The van der Waals surface area contributed by atoms with Crippen molar-refractivity contribution in [3.8, 4) is 0 Å². The van der Waals surface area contributed by atoms with E-state index in [1.807, 2.05) is 0 Å². The van der Waals surface area contributed by atoms with Gasteiger partial charge in [0.15, 0.2) is 0 Å². The van der Waals surface area contributed by atoms with E-state index in [0.717, 1.165) is 6.42 Å². The first kappa shape index (κ1) is 10.5. The molecule has 0 aliphatic heterocycles. The summed E-state index contributed by atoms with van der Waals surface area (Å²) in [7, 11) is 0. The number of hydrogen-bond donors (Lipinski definition) is 0. The smallest absolute Gasteiger partial charge is 0.00266 e. The second kappa shape index (κ2) is 3.84. The lowest BCUT2D eigenvalue weighted by Gasteiger charge is -2.06. The molecule has 0 aromatic heterocycles. The van der Waals surface area contributed by atoms with Crippen LogP contribution in [-0.2, 0) is 0 Å². The van der Waals surface area contributed by atoms with Crippen LogP contribution in [0.15, 0.2) is 46.6 Å². The Morgan fingerprint density at radius 1 is 0.800 bits per heavy atom. The van der Waals surface area contributed by atoms with Crippen molar-refractivity contribution in [2.24, 2.45) is 11.8 Å². The van der Waals surface area contributed by atoms with Crippen molar-refractivity contribution in [1.82, 2.24) is 0 Å². The van der Waals surface area contributed by atoms with Crippen LogP contribution >= 0.6 is 0 Å². The summed E-state index contributed by atoms with van der Waals surface area (Å²) in [6, 6.07) is 0. The first-order chi connectivity index (χ1) is 7.06. The number of hydrogen-bond acceptors (Lipinski definition) is 0. The lowest BCUT2D eigenvalue weighted by Crippen LogP contribution is -1.88. The Labute approximate surface area is 93.1 Å². The summed E-state index contributed by atoms with van der Waals surface area (Å²) in [5.74, 6) is 1.26. The van der Waals surface area contributed by atoms with Gasteiger partial charge in [-0.1, -0.05) is 49.3 Å². The van der Waals surface area contributed by atoms with Crippen LogP contribution in [0.1, 0.15) is 34.1 Å². The highest BCUT2D eigenvalue weighted by molar-refractivity contribution is 5.46. The third-order valence-electron chi connectivity index (χ3n) is 3.35. The molecule has 0 N–H and O–H groups in total. The largest absolute Gasteiger partial charge is 0.0747 e. The molecule has 0 aromatic carbocycles. The average molecular weight is 200 g/mol. The van der Waals surface area contributed by atoms with Crippen molar-refractivity contribution < 1.29 is 0 Å². The molecule has 0 heteroatoms. The Morgan fingerprint density at radius 3 is 1.47 bits per heavy atom. The molecule has 2 aliphatic carbocycles. The van der Waals surface area contributed by atoms with Gasteiger partial charge in [-0.3, -0.25) is 0 Å². The number of allylic oxidation sites excluding steroid dienone is 8. The second-order valence-corrected chi connectivity index (χ2v) is 4.98. The quantitative estimate of drug-likeness (QED) is 0.619. The van der Waals surface area contributed by atoms with E-state index in [1.54, 1.807) is 0 Å². The molecule has 0 saturated heterocycles. The van der Waals surface area contributed by atoms with Crippen LogP contribution in [0.2, 0.25) is 0 Å². The van der Waals surface area contributed by atoms with E-state index in [0.29, 0.717) is 11.8 Å². The van der Waals surface area contributed by atoms with E-state index in [2.05, 4.69) is 52.0 Å². The maximum absolute atomic E-state index is 2.40. The highest BCUT2D eigenvalue weighted by Crippen LogP contribution is 2.33. The fraction of sp³-hybridized carbons (Fsp3) is 0.467. The first-order valence-corrected chi connectivity index (χ1v) is 5.85. The van der Waals surface area contributed by atoms with Crippen LogP contribution in [0, 0.1) is 11.8 Å². The van der Waals surface area contributed by atoms with E-state index in [-0.39, 0.29) is 0 Å². The van der Waals surface area contributed by atoms with Crippen LogP contribution in [-0.4, -0.2) is 0 Å². The van der Waals surface area contributed by atoms with Crippen LogP contribution in [0.3, 0.4) is 0 Å². The van der Waals surface area contributed by atoms with Crippen molar-refractivity contribution >= 4 is 0 Å². The molecule has 0 fully saturated rings. The molecule has 80 valence electrons. The van der Waals surface area contributed by atoms with Crippen molar-refractivity contribution in [2.75, 3.05) is 0 Å². The predicted molar refractivity (Wildman–Crippen MR) is 66.6 cm³/mol. The molecule has 0 spiro atoms. The molecule has 2 atom stereocenters. The number of rotatable bonds is 2. The maximum atomic E-state index is 2.40. The minimum atomic E-state index is 0.628. The van der Waals surface area contributed by atoms with Crippen LogP contribution in [0.5, 0.6) is 0 Å². The summed E-state index contributed by atoms with van der Waals surface area (Å²) in [5, 5.41) is 0. The summed E-state index contributed by atoms with van der Waals surface area (Å²) in [6.45, 7) is 8.97. The molecule has 15 heavy (non-hydrogen) atoms. The summed E-state index contributed by atoms with van der Waals surface area (Å²) in [5.41, 5.74) is 5.98. The van der Waals surface area contributed by atoms with Gasteiger partial charge in [0.2, 0.25) is 0 Å². The van der Waals surface area contributed by atoms with E-state index in [4.69, 9.17) is 0 Å². The summed E-state index contributed by atoms with van der Waals surface area (Å²) in [6.07, 6.45) is 10.6. The topological polar surface area (TPSA) is 0 Å². The van der Waals surface area contributed by atoms with Crippen LogP contribution < -0.4 is 0 Å². The molecule has 0 nitrogen and oxygen atoms in total. The van der Waals surface area contributed by atoms with Gasteiger partial charge in [0.05, 0.1) is 0 Å². The van der Waals surface area contributed by atoms with Gasteiger partial charge in [0.1, 0.15) is 0 Å². The molecule has 0 aromatic rings. The highest BCUT2D eigenvalue weighted by Gasteiger charge is 2.16. The Kier molecular flexibility index (Phi) is 2.68. The zero-order valence-corrected chi connectivity index (χ0v) is 10.2. The Morgan fingerprint density at radius 2 is 1.20 bits per heavy atom. The Hall–Kier alpha value is -1.04. The van der Waals surface area contributed by atoms with E-state index in [1.165, 1.54) is 22.3 Å². The van der Waals surface area contributed by atoms with Crippen molar-refractivity contribution in [1.29, 1.82) is 0 Å². The summed E-state index contributed by atoms with van der Waals surface area (Å²) in [4.78, 5) is 0. The van der Waals surface area contributed by atoms with E-state index < -0.39 is 0 Å². The van der Waals surface area contributed by atoms with Gasteiger partial charge in [-0.15, -0.1) is 0 Å².